The highest BCUT2D eigenvalue weighted by molar-refractivity contribution is 7.09. The first-order valence-electron chi connectivity index (χ1n) is 6.03. The normalized spacial score (nSPS) is 21.2. The lowest BCUT2D eigenvalue weighted by Gasteiger charge is -2.22. The van der Waals surface area contributed by atoms with Gasteiger partial charge in [0.1, 0.15) is 0 Å². The lowest BCUT2D eigenvalue weighted by molar-refractivity contribution is 0.0924. The molecule has 1 aliphatic rings. The van der Waals surface area contributed by atoms with Gasteiger partial charge in [-0.3, -0.25) is 0 Å². The molecule has 1 aromatic rings. The summed E-state index contributed by atoms with van der Waals surface area (Å²) >= 11 is 1.73. The Hall–Kier alpha value is -0.450. The van der Waals surface area contributed by atoms with Gasteiger partial charge in [0.25, 0.3) is 0 Å². The van der Waals surface area contributed by atoms with E-state index in [1.54, 1.807) is 11.3 Å². The number of aryl methyl sites for hydroxylation is 1. The summed E-state index contributed by atoms with van der Waals surface area (Å²) in [6, 6.07) is 0. The molecule has 1 saturated heterocycles. The SMILES string of the molecule is Cc1ncsc1CCOCC1CCCNC1. The topological polar surface area (TPSA) is 34.1 Å². The fourth-order valence-corrected chi connectivity index (χ4v) is 2.81. The van der Waals surface area contributed by atoms with Crippen LogP contribution in [0, 0.1) is 12.8 Å². The highest BCUT2D eigenvalue weighted by atomic mass is 32.1. The number of hydrogen-bond acceptors (Lipinski definition) is 4. The molecule has 0 bridgehead atoms. The second-order valence-corrected chi connectivity index (χ2v) is 5.34. The third kappa shape index (κ3) is 3.54. The van der Waals surface area contributed by atoms with Gasteiger partial charge in [-0.15, -0.1) is 11.3 Å². The summed E-state index contributed by atoms with van der Waals surface area (Å²) in [6.45, 7) is 6.11. The maximum atomic E-state index is 5.74. The highest BCUT2D eigenvalue weighted by Gasteiger charge is 2.12. The molecule has 3 nitrogen and oxygen atoms in total. The van der Waals surface area contributed by atoms with Gasteiger partial charge in [-0.25, -0.2) is 4.98 Å². The molecule has 1 unspecified atom stereocenters. The third-order valence-electron chi connectivity index (χ3n) is 3.07. The quantitative estimate of drug-likeness (QED) is 0.799. The lowest BCUT2D eigenvalue weighted by atomic mass is 10.0. The highest BCUT2D eigenvalue weighted by Crippen LogP contribution is 2.14. The van der Waals surface area contributed by atoms with Crippen molar-refractivity contribution in [2.45, 2.75) is 26.2 Å². The molecule has 0 radical (unpaired) electrons. The standard InChI is InChI=1S/C12H20N2OS/c1-10-12(16-9-14-10)4-6-15-8-11-3-2-5-13-7-11/h9,11,13H,2-8H2,1H3. The first-order chi connectivity index (χ1) is 7.86. The van der Waals surface area contributed by atoms with Crippen molar-refractivity contribution in [3.8, 4) is 0 Å². The average molecular weight is 240 g/mol. The predicted molar refractivity (Wildman–Crippen MR) is 67.0 cm³/mol. The van der Waals surface area contributed by atoms with Gasteiger partial charge in [0.2, 0.25) is 0 Å². The van der Waals surface area contributed by atoms with E-state index in [0.717, 1.165) is 37.8 Å². The Morgan fingerprint density at radius 1 is 1.62 bits per heavy atom. The van der Waals surface area contributed by atoms with Crippen LogP contribution in [-0.4, -0.2) is 31.3 Å². The number of thiazole rings is 1. The van der Waals surface area contributed by atoms with Crippen molar-refractivity contribution >= 4 is 11.3 Å². The van der Waals surface area contributed by atoms with Crippen molar-refractivity contribution in [3.05, 3.63) is 16.1 Å². The molecule has 0 saturated carbocycles. The largest absolute Gasteiger partial charge is 0.381 e. The monoisotopic (exact) mass is 240 g/mol. The van der Waals surface area contributed by atoms with Crippen LogP contribution in [0.25, 0.3) is 0 Å². The third-order valence-corrected chi connectivity index (χ3v) is 4.07. The fourth-order valence-electron chi connectivity index (χ4n) is 2.05. The van der Waals surface area contributed by atoms with Crippen molar-refractivity contribution in [1.82, 2.24) is 10.3 Å². The van der Waals surface area contributed by atoms with Gasteiger partial charge in [-0.1, -0.05) is 0 Å². The van der Waals surface area contributed by atoms with Gasteiger partial charge in [0.15, 0.2) is 0 Å². The summed E-state index contributed by atoms with van der Waals surface area (Å²) < 4.78 is 5.74. The van der Waals surface area contributed by atoms with Crippen LogP contribution in [0.4, 0.5) is 0 Å². The van der Waals surface area contributed by atoms with Gasteiger partial charge >= 0.3 is 0 Å². The van der Waals surface area contributed by atoms with E-state index in [-0.39, 0.29) is 0 Å². The van der Waals surface area contributed by atoms with Crippen molar-refractivity contribution < 1.29 is 4.74 Å². The minimum atomic E-state index is 0.719. The van der Waals surface area contributed by atoms with Crippen molar-refractivity contribution in [2.75, 3.05) is 26.3 Å². The van der Waals surface area contributed by atoms with Crippen LogP contribution in [-0.2, 0) is 11.2 Å². The molecule has 1 fully saturated rings. The number of piperidine rings is 1. The Labute approximate surface area is 101 Å². The minimum absolute atomic E-state index is 0.719. The average Bonchev–Trinajstić information content (AvgIpc) is 2.72. The molecule has 2 heterocycles. The lowest BCUT2D eigenvalue weighted by Crippen LogP contribution is -2.32. The van der Waals surface area contributed by atoms with Crippen molar-refractivity contribution in [3.63, 3.8) is 0 Å². The molecular formula is C12H20N2OS. The predicted octanol–water partition coefficient (Wildman–Crippen LogP) is 2.01. The van der Waals surface area contributed by atoms with Gasteiger partial charge in [0.05, 0.1) is 24.4 Å². The van der Waals surface area contributed by atoms with Crippen molar-refractivity contribution in [1.29, 1.82) is 0 Å². The van der Waals surface area contributed by atoms with Crippen LogP contribution in [0.2, 0.25) is 0 Å². The molecule has 90 valence electrons. The van der Waals surface area contributed by atoms with E-state index in [4.69, 9.17) is 4.74 Å². The number of rotatable bonds is 5. The zero-order valence-electron chi connectivity index (χ0n) is 9.87. The molecule has 1 atom stereocenters. The van der Waals surface area contributed by atoms with E-state index in [0.29, 0.717) is 0 Å². The van der Waals surface area contributed by atoms with E-state index in [1.807, 2.05) is 5.51 Å². The fraction of sp³-hybridized carbons (Fsp3) is 0.750. The number of nitrogens with zero attached hydrogens (tertiary/aromatic N) is 1. The summed E-state index contributed by atoms with van der Waals surface area (Å²) in [7, 11) is 0. The van der Waals surface area contributed by atoms with E-state index in [2.05, 4.69) is 17.2 Å². The molecule has 0 amide bonds. The number of nitrogens with one attached hydrogen (secondary N) is 1. The summed E-state index contributed by atoms with van der Waals surface area (Å²) in [4.78, 5) is 5.60. The van der Waals surface area contributed by atoms with Crippen LogP contribution in [0.15, 0.2) is 5.51 Å². The minimum Gasteiger partial charge on any atom is -0.381 e. The number of hydrogen-bond donors (Lipinski definition) is 1. The molecule has 1 aromatic heterocycles. The molecular weight excluding hydrogens is 220 g/mol. The van der Waals surface area contributed by atoms with Crippen LogP contribution < -0.4 is 5.32 Å². The first kappa shape index (κ1) is 12.0. The van der Waals surface area contributed by atoms with E-state index < -0.39 is 0 Å². The zero-order chi connectivity index (χ0) is 11.2. The second-order valence-electron chi connectivity index (χ2n) is 4.40. The molecule has 4 heteroatoms. The van der Waals surface area contributed by atoms with Crippen LogP contribution >= 0.6 is 11.3 Å². The van der Waals surface area contributed by atoms with Crippen LogP contribution in [0.3, 0.4) is 0 Å². The molecule has 1 N–H and O–H groups in total. The summed E-state index contributed by atoms with van der Waals surface area (Å²) in [5.41, 5.74) is 3.07. The molecule has 0 aromatic carbocycles. The Bertz CT molecular complexity index is 308. The maximum absolute atomic E-state index is 5.74. The molecule has 16 heavy (non-hydrogen) atoms. The molecule has 2 rings (SSSR count). The van der Waals surface area contributed by atoms with Gasteiger partial charge < -0.3 is 10.1 Å². The van der Waals surface area contributed by atoms with Crippen LogP contribution in [0.5, 0.6) is 0 Å². The molecule has 0 aliphatic carbocycles. The zero-order valence-corrected chi connectivity index (χ0v) is 10.7. The number of ether oxygens (including phenoxy) is 1. The van der Waals surface area contributed by atoms with Gasteiger partial charge in [-0.2, -0.15) is 0 Å². The summed E-state index contributed by atoms with van der Waals surface area (Å²) in [5.74, 6) is 0.719. The Morgan fingerprint density at radius 3 is 3.25 bits per heavy atom. The van der Waals surface area contributed by atoms with Crippen molar-refractivity contribution in [2.24, 2.45) is 5.92 Å². The van der Waals surface area contributed by atoms with Gasteiger partial charge in [0, 0.05) is 17.8 Å². The van der Waals surface area contributed by atoms with E-state index >= 15 is 0 Å². The summed E-state index contributed by atoms with van der Waals surface area (Å²) in [6.07, 6.45) is 3.62. The smallest absolute Gasteiger partial charge is 0.0797 e. The molecule has 1 aliphatic heterocycles. The maximum Gasteiger partial charge on any atom is 0.0797 e. The Balaban J connectivity index is 1.59. The second kappa shape index (κ2) is 6.33. The van der Waals surface area contributed by atoms with E-state index in [1.165, 1.54) is 24.3 Å². The first-order valence-corrected chi connectivity index (χ1v) is 6.91. The Morgan fingerprint density at radius 2 is 2.56 bits per heavy atom. The van der Waals surface area contributed by atoms with E-state index in [9.17, 15) is 0 Å². The van der Waals surface area contributed by atoms with Gasteiger partial charge in [-0.05, 0) is 32.2 Å². The number of aromatic nitrogens is 1. The van der Waals surface area contributed by atoms with Crippen LogP contribution in [0.1, 0.15) is 23.4 Å². The molecule has 0 spiro atoms. The Kier molecular flexibility index (Phi) is 4.75. The summed E-state index contributed by atoms with van der Waals surface area (Å²) in [5, 5.41) is 3.41.